The number of aryl methyl sites for hydroxylation is 1. The highest BCUT2D eigenvalue weighted by molar-refractivity contribution is 6.34. The van der Waals surface area contributed by atoms with Crippen LogP contribution in [-0.4, -0.2) is 16.8 Å². The summed E-state index contributed by atoms with van der Waals surface area (Å²) in [5, 5.41) is -0.364. The van der Waals surface area contributed by atoms with Crippen molar-refractivity contribution in [3.8, 4) is 0 Å². The van der Waals surface area contributed by atoms with Gasteiger partial charge in [0, 0.05) is 0 Å². The fraction of sp³-hybridized carbons (Fsp3) is 0.0714. The van der Waals surface area contributed by atoms with Crippen molar-refractivity contribution in [2.75, 3.05) is 4.90 Å². The van der Waals surface area contributed by atoms with E-state index in [1.165, 1.54) is 13.0 Å². The minimum Gasteiger partial charge on any atom is -0.268 e. The van der Waals surface area contributed by atoms with Crippen LogP contribution in [0.3, 0.4) is 0 Å². The molecule has 0 saturated carbocycles. The number of imide groups is 1. The number of anilines is 1. The van der Waals surface area contributed by atoms with Crippen molar-refractivity contribution in [1.29, 1.82) is 0 Å². The van der Waals surface area contributed by atoms with Gasteiger partial charge in [-0.15, -0.1) is 0 Å². The highest BCUT2D eigenvalue weighted by Crippen LogP contribution is 2.29. The molecule has 100 valence electrons. The number of aromatic nitrogens is 1. The number of hydrogen-bond donors (Lipinski definition) is 0. The van der Waals surface area contributed by atoms with Crippen molar-refractivity contribution < 1.29 is 14.0 Å². The van der Waals surface area contributed by atoms with E-state index in [0.29, 0.717) is 11.1 Å². The second kappa shape index (κ2) is 4.38. The molecule has 2 aromatic rings. The Labute approximate surface area is 118 Å². The SMILES string of the molecule is Cc1cc(N2C(=O)c3ccccc3C2=O)nc(Cl)c1F. The minimum absolute atomic E-state index is 0.0279. The number of rotatable bonds is 1. The zero-order valence-corrected chi connectivity index (χ0v) is 11.1. The molecule has 1 aliphatic heterocycles. The van der Waals surface area contributed by atoms with E-state index >= 15 is 0 Å². The third-order valence-electron chi connectivity index (χ3n) is 3.11. The summed E-state index contributed by atoms with van der Waals surface area (Å²) in [4.78, 5) is 29.2. The van der Waals surface area contributed by atoms with E-state index in [1.807, 2.05) is 0 Å². The fourth-order valence-electron chi connectivity index (χ4n) is 2.11. The standard InChI is InChI=1S/C14H8ClFN2O2/c1-7-6-10(17-12(15)11(7)16)18-13(19)8-4-2-3-5-9(8)14(18)20/h2-6H,1H3. The van der Waals surface area contributed by atoms with Gasteiger partial charge in [0.25, 0.3) is 11.8 Å². The van der Waals surface area contributed by atoms with E-state index < -0.39 is 17.6 Å². The third-order valence-corrected chi connectivity index (χ3v) is 3.36. The molecular formula is C14H8ClFN2O2. The van der Waals surface area contributed by atoms with Gasteiger partial charge in [-0.25, -0.2) is 14.3 Å². The van der Waals surface area contributed by atoms with Crippen LogP contribution in [0.4, 0.5) is 10.2 Å². The molecule has 0 atom stereocenters. The van der Waals surface area contributed by atoms with Crippen molar-refractivity contribution >= 4 is 29.2 Å². The smallest absolute Gasteiger partial charge is 0.267 e. The Balaban J connectivity index is 2.14. The molecule has 0 bridgehead atoms. The molecule has 2 heterocycles. The van der Waals surface area contributed by atoms with Crippen LogP contribution in [0, 0.1) is 12.7 Å². The predicted molar refractivity (Wildman–Crippen MR) is 71.5 cm³/mol. The van der Waals surface area contributed by atoms with Crippen molar-refractivity contribution in [3.05, 3.63) is 58.0 Å². The van der Waals surface area contributed by atoms with Crippen LogP contribution < -0.4 is 4.90 Å². The molecular weight excluding hydrogens is 283 g/mol. The van der Waals surface area contributed by atoms with Gasteiger partial charge in [-0.3, -0.25) is 9.59 Å². The van der Waals surface area contributed by atoms with E-state index in [-0.39, 0.29) is 16.5 Å². The maximum Gasteiger partial charge on any atom is 0.267 e. The second-order valence-electron chi connectivity index (χ2n) is 4.39. The van der Waals surface area contributed by atoms with Gasteiger partial charge in [-0.05, 0) is 30.7 Å². The number of halogens is 2. The van der Waals surface area contributed by atoms with Crippen LogP contribution in [0.2, 0.25) is 5.15 Å². The van der Waals surface area contributed by atoms with Gasteiger partial charge in [0.05, 0.1) is 11.1 Å². The Hall–Kier alpha value is -2.27. The maximum absolute atomic E-state index is 13.5. The summed E-state index contributed by atoms with van der Waals surface area (Å²) in [6.45, 7) is 1.49. The predicted octanol–water partition coefficient (Wildman–Crippen LogP) is 2.98. The monoisotopic (exact) mass is 290 g/mol. The quantitative estimate of drug-likeness (QED) is 0.599. The van der Waals surface area contributed by atoms with Crippen LogP contribution in [0.15, 0.2) is 30.3 Å². The van der Waals surface area contributed by atoms with E-state index in [2.05, 4.69) is 4.98 Å². The molecule has 2 amide bonds. The molecule has 1 aromatic heterocycles. The molecule has 0 radical (unpaired) electrons. The molecule has 0 spiro atoms. The van der Waals surface area contributed by atoms with Gasteiger partial charge in [-0.2, -0.15) is 0 Å². The number of nitrogens with zero attached hydrogens (tertiary/aromatic N) is 2. The largest absolute Gasteiger partial charge is 0.268 e. The average Bonchev–Trinajstić information content (AvgIpc) is 2.68. The van der Waals surface area contributed by atoms with Gasteiger partial charge >= 0.3 is 0 Å². The zero-order chi connectivity index (χ0) is 14.4. The number of hydrogen-bond acceptors (Lipinski definition) is 3. The van der Waals surface area contributed by atoms with Gasteiger partial charge in [0.15, 0.2) is 11.0 Å². The summed E-state index contributed by atoms with van der Waals surface area (Å²) in [5.41, 5.74) is 0.825. The molecule has 1 aromatic carbocycles. The first-order chi connectivity index (χ1) is 9.50. The Morgan fingerprint density at radius 3 is 2.20 bits per heavy atom. The summed E-state index contributed by atoms with van der Waals surface area (Å²) < 4.78 is 13.5. The number of benzene rings is 1. The number of pyridine rings is 1. The van der Waals surface area contributed by atoms with Crippen molar-refractivity contribution in [1.82, 2.24) is 4.98 Å². The Bertz CT molecular complexity index is 703. The van der Waals surface area contributed by atoms with Crippen LogP contribution in [0.1, 0.15) is 26.3 Å². The van der Waals surface area contributed by atoms with Crippen molar-refractivity contribution in [2.45, 2.75) is 6.92 Å². The highest BCUT2D eigenvalue weighted by atomic mass is 35.5. The topological polar surface area (TPSA) is 50.3 Å². The third kappa shape index (κ3) is 1.71. The molecule has 3 rings (SSSR count). The Morgan fingerprint density at radius 2 is 1.70 bits per heavy atom. The van der Waals surface area contributed by atoms with E-state index in [0.717, 1.165) is 4.90 Å². The lowest BCUT2D eigenvalue weighted by atomic mass is 10.1. The van der Waals surface area contributed by atoms with Crippen LogP contribution in [0.5, 0.6) is 0 Å². The lowest BCUT2D eigenvalue weighted by Crippen LogP contribution is -2.30. The van der Waals surface area contributed by atoms with Crippen LogP contribution >= 0.6 is 11.6 Å². The van der Waals surface area contributed by atoms with Gasteiger partial charge < -0.3 is 0 Å². The summed E-state index contributed by atoms with van der Waals surface area (Å²) in [6, 6.07) is 7.79. The van der Waals surface area contributed by atoms with Crippen molar-refractivity contribution in [3.63, 3.8) is 0 Å². The summed E-state index contributed by atoms with van der Waals surface area (Å²) in [5.74, 6) is -1.60. The molecule has 0 saturated heterocycles. The number of carbonyl (C=O) groups excluding carboxylic acids is 2. The Kier molecular flexibility index (Phi) is 2.79. The highest BCUT2D eigenvalue weighted by Gasteiger charge is 2.37. The molecule has 0 N–H and O–H groups in total. The Morgan fingerprint density at radius 1 is 1.15 bits per heavy atom. The number of fused-ring (bicyclic) bond motifs is 1. The molecule has 0 unspecified atom stereocenters. The van der Waals surface area contributed by atoms with Crippen LogP contribution in [-0.2, 0) is 0 Å². The fourth-order valence-corrected chi connectivity index (χ4v) is 2.35. The molecule has 4 nitrogen and oxygen atoms in total. The van der Waals surface area contributed by atoms with Gasteiger partial charge in [0.2, 0.25) is 0 Å². The van der Waals surface area contributed by atoms with Crippen LogP contribution in [0.25, 0.3) is 0 Å². The lowest BCUT2D eigenvalue weighted by molar-refractivity contribution is 0.0925. The normalized spacial score (nSPS) is 13.8. The molecule has 20 heavy (non-hydrogen) atoms. The molecule has 1 aliphatic rings. The molecule has 0 aliphatic carbocycles. The van der Waals surface area contributed by atoms with Crippen molar-refractivity contribution in [2.24, 2.45) is 0 Å². The summed E-state index contributed by atoms with van der Waals surface area (Å²) in [6.07, 6.45) is 0. The first-order valence-electron chi connectivity index (χ1n) is 5.81. The number of amides is 2. The molecule has 0 fully saturated rings. The first-order valence-corrected chi connectivity index (χ1v) is 6.19. The van der Waals surface area contributed by atoms with E-state index in [4.69, 9.17) is 11.6 Å². The van der Waals surface area contributed by atoms with Gasteiger partial charge in [0.1, 0.15) is 5.82 Å². The maximum atomic E-state index is 13.5. The second-order valence-corrected chi connectivity index (χ2v) is 4.75. The zero-order valence-electron chi connectivity index (χ0n) is 10.4. The summed E-state index contributed by atoms with van der Waals surface area (Å²) >= 11 is 5.67. The first kappa shape index (κ1) is 12.7. The van der Waals surface area contributed by atoms with E-state index in [1.54, 1.807) is 24.3 Å². The van der Waals surface area contributed by atoms with E-state index in [9.17, 15) is 14.0 Å². The lowest BCUT2D eigenvalue weighted by Gasteiger charge is -2.14. The average molecular weight is 291 g/mol. The minimum atomic E-state index is -0.660. The number of carbonyl (C=O) groups is 2. The summed E-state index contributed by atoms with van der Waals surface area (Å²) in [7, 11) is 0. The van der Waals surface area contributed by atoms with Gasteiger partial charge in [-0.1, -0.05) is 23.7 Å². The molecule has 6 heteroatoms.